The highest BCUT2D eigenvalue weighted by Gasteiger charge is 2.30. The highest BCUT2D eigenvalue weighted by atomic mass is 32.2. The van der Waals surface area contributed by atoms with Crippen molar-refractivity contribution in [2.45, 2.75) is 23.7 Å². The SMILES string of the molecule is CN(C)CNS(=O)(=O)c1cc(N)ccc1-c1nnc(C2CC2)o1. The van der Waals surface area contributed by atoms with Gasteiger partial charge in [0.1, 0.15) is 0 Å². The maximum Gasteiger partial charge on any atom is 0.249 e. The quantitative estimate of drug-likeness (QED) is 0.597. The zero-order chi connectivity index (χ0) is 16.6. The first kappa shape index (κ1) is 15.9. The Morgan fingerprint density at radius 2 is 2.09 bits per heavy atom. The summed E-state index contributed by atoms with van der Waals surface area (Å²) in [6.07, 6.45) is 2.05. The molecule has 1 aliphatic carbocycles. The van der Waals surface area contributed by atoms with Crippen LogP contribution in [0, 0.1) is 0 Å². The molecule has 0 amide bonds. The van der Waals surface area contributed by atoms with Gasteiger partial charge in [-0.1, -0.05) is 0 Å². The van der Waals surface area contributed by atoms with Crippen LogP contribution in [0.4, 0.5) is 5.69 Å². The standard InChI is InChI=1S/C14H19N5O3S/c1-19(2)8-16-23(20,21)12-7-10(15)5-6-11(12)14-18-17-13(22-14)9-3-4-9/h5-7,9,16H,3-4,8,15H2,1-2H3. The lowest BCUT2D eigenvalue weighted by Crippen LogP contribution is -2.33. The molecule has 23 heavy (non-hydrogen) atoms. The Morgan fingerprint density at radius 3 is 2.74 bits per heavy atom. The number of hydrogen-bond acceptors (Lipinski definition) is 7. The molecule has 1 fully saturated rings. The summed E-state index contributed by atoms with van der Waals surface area (Å²) in [6.45, 7) is 0.174. The van der Waals surface area contributed by atoms with Crippen molar-refractivity contribution in [3.8, 4) is 11.5 Å². The maximum atomic E-state index is 12.6. The molecule has 124 valence electrons. The molecular formula is C14H19N5O3S. The second-order valence-corrected chi connectivity index (χ2v) is 7.60. The average Bonchev–Trinajstić information content (AvgIpc) is 3.23. The first-order valence-electron chi connectivity index (χ1n) is 7.24. The van der Waals surface area contributed by atoms with Gasteiger partial charge in [-0.15, -0.1) is 10.2 Å². The number of nitrogens with zero attached hydrogens (tertiary/aromatic N) is 3. The van der Waals surface area contributed by atoms with Crippen LogP contribution in [0.2, 0.25) is 0 Å². The fraction of sp³-hybridized carbons (Fsp3) is 0.429. The van der Waals surface area contributed by atoms with E-state index in [-0.39, 0.29) is 17.5 Å². The smallest absolute Gasteiger partial charge is 0.249 e. The minimum atomic E-state index is -3.75. The number of nitrogens with one attached hydrogen (secondary N) is 1. The third kappa shape index (κ3) is 3.52. The summed E-state index contributed by atoms with van der Waals surface area (Å²) in [4.78, 5) is 1.74. The Bertz CT molecular complexity index is 812. The molecule has 0 atom stereocenters. The number of aromatic nitrogens is 2. The summed E-state index contributed by atoms with van der Waals surface area (Å²) in [7, 11) is -0.218. The molecule has 3 N–H and O–H groups in total. The van der Waals surface area contributed by atoms with E-state index in [1.165, 1.54) is 6.07 Å². The van der Waals surface area contributed by atoms with Crippen LogP contribution in [0.5, 0.6) is 0 Å². The van der Waals surface area contributed by atoms with Crippen molar-refractivity contribution in [2.24, 2.45) is 0 Å². The van der Waals surface area contributed by atoms with Gasteiger partial charge in [0, 0.05) is 11.6 Å². The fourth-order valence-electron chi connectivity index (χ4n) is 2.07. The van der Waals surface area contributed by atoms with Crippen molar-refractivity contribution in [2.75, 3.05) is 26.5 Å². The van der Waals surface area contributed by atoms with Crippen LogP contribution in [0.25, 0.3) is 11.5 Å². The molecule has 1 aliphatic rings. The number of nitrogen functional groups attached to an aromatic ring is 1. The molecule has 0 spiro atoms. The molecule has 0 saturated heterocycles. The second kappa shape index (κ2) is 5.91. The predicted molar refractivity (Wildman–Crippen MR) is 85.0 cm³/mol. The highest BCUT2D eigenvalue weighted by Crippen LogP contribution is 2.40. The number of sulfonamides is 1. The Kier molecular flexibility index (Phi) is 4.09. The largest absolute Gasteiger partial charge is 0.420 e. The molecule has 1 aromatic carbocycles. The molecule has 2 aromatic rings. The molecule has 0 unspecified atom stereocenters. The summed E-state index contributed by atoms with van der Waals surface area (Å²) in [5.74, 6) is 1.05. The van der Waals surface area contributed by atoms with Crippen molar-refractivity contribution in [1.29, 1.82) is 0 Å². The van der Waals surface area contributed by atoms with Crippen molar-refractivity contribution in [3.05, 3.63) is 24.1 Å². The number of anilines is 1. The van der Waals surface area contributed by atoms with Gasteiger partial charge in [0.05, 0.1) is 17.1 Å². The Hall–Kier alpha value is -1.97. The van der Waals surface area contributed by atoms with Gasteiger partial charge in [-0.3, -0.25) is 4.90 Å². The third-order valence-electron chi connectivity index (χ3n) is 3.46. The summed E-state index contributed by atoms with van der Waals surface area (Å²) in [5.41, 5.74) is 6.45. The number of hydrogen-bond donors (Lipinski definition) is 2. The minimum Gasteiger partial charge on any atom is -0.420 e. The molecule has 1 aromatic heterocycles. The number of benzene rings is 1. The lowest BCUT2D eigenvalue weighted by molar-refractivity contribution is 0.399. The Labute approximate surface area is 134 Å². The van der Waals surface area contributed by atoms with Crippen LogP contribution < -0.4 is 10.5 Å². The summed E-state index contributed by atoms with van der Waals surface area (Å²) < 4.78 is 33.2. The van der Waals surface area contributed by atoms with Crippen molar-refractivity contribution < 1.29 is 12.8 Å². The van der Waals surface area contributed by atoms with E-state index in [1.807, 2.05) is 0 Å². The lowest BCUT2D eigenvalue weighted by Gasteiger charge is -2.13. The average molecular weight is 337 g/mol. The molecule has 3 rings (SSSR count). The predicted octanol–water partition coefficient (Wildman–Crippen LogP) is 0.994. The summed E-state index contributed by atoms with van der Waals surface area (Å²) in [6, 6.07) is 4.60. The van der Waals surface area contributed by atoms with Crippen LogP contribution in [0.3, 0.4) is 0 Å². The third-order valence-corrected chi connectivity index (χ3v) is 4.89. The van der Waals surface area contributed by atoms with Crippen LogP contribution >= 0.6 is 0 Å². The van der Waals surface area contributed by atoms with Gasteiger partial charge in [0.2, 0.25) is 21.8 Å². The fourth-order valence-corrected chi connectivity index (χ4v) is 3.39. The van der Waals surface area contributed by atoms with Crippen LogP contribution in [-0.2, 0) is 10.0 Å². The highest BCUT2D eigenvalue weighted by molar-refractivity contribution is 7.89. The molecule has 0 aliphatic heterocycles. The van der Waals surface area contributed by atoms with Crippen molar-refractivity contribution >= 4 is 15.7 Å². The van der Waals surface area contributed by atoms with Crippen molar-refractivity contribution in [3.63, 3.8) is 0 Å². The minimum absolute atomic E-state index is 0.0327. The normalized spacial score (nSPS) is 15.3. The van der Waals surface area contributed by atoms with Gasteiger partial charge in [-0.25, -0.2) is 8.42 Å². The van der Waals surface area contributed by atoms with E-state index in [1.54, 1.807) is 31.1 Å². The Morgan fingerprint density at radius 1 is 1.35 bits per heavy atom. The van der Waals surface area contributed by atoms with E-state index in [0.29, 0.717) is 23.1 Å². The van der Waals surface area contributed by atoms with Gasteiger partial charge in [-0.05, 0) is 45.1 Å². The number of nitrogens with two attached hydrogens (primary N) is 1. The number of rotatable bonds is 6. The van der Waals surface area contributed by atoms with E-state index < -0.39 is 10.0 Å². The van der Waals surface area contributed by atoms with Crippen LogP contribution in [-0.4, -0.2) is 44.3 Å². The van der Waals surface area contributed by atoms with E-state index in [0.717, 1.165) is 12.8 Å². The van der Waals surface area contributed by atoms with Gasteiger partial charge < -0.3 is 10.2 Å². The molecule has 1 saturated carbocycles. The summed E-state index contributed by atoms with van der Waals surface area (Å²) >= 11 is 0. The van der Waals surface area contributed by atoms with E-state index >= 15 is 0 Å². The van der Waals surface area contributed by atoms with Gasteiger partial charge >= 0.3 is 0 Å². The molecule has 9 heteroatoms. The molecule has 0 radical (unpaired) electrons. The first-order valence-corrected chi connectivity index (χ1v) is 8.73. The van der Waals surface area contributed by atoms with Gasteiger partial charge in [0.15, 0.2) is 0 Å². The zero-order valence-corrected chi connectivity index (χ0v) is 13.8. The molecule has 1 heterocycles. The van der Waals surface area contributed by atoms with Crippen LogP contribution in [0.15, 0.2) is 27.5 Å². The monoisotopic (exact) mass is 337 g/mol. The van der Waals surface area contributed by atoms with E-state index in [4.69, 9.17) is 10.2 Å². The van der Waals surface area contributed by atoms with Gasteiger partial charge in [-0.2, -0.15) is 4.72 Å². The van der Waals surface area contributed by atoms with Crippen LogP contribution in [0.1, 0.15) is 24.7 Å². The lowest BCUT2D eigenvalue weighted by atomic mass is 10.2. The maximum absolute atomic E-state index is 12.6. The second-order valence-electron chi connectivity index (χ2n) is 5.86. The van der Waals surface area contributed by atoms with E-state index in [9.17, 15) is 8.42 Å². The topological polar surface area (TPSA) is 114 Å². The van der Waals surface area contributed by atoms with Gasteiger partial charge in [0.25, 0.3) is 0 Å². The first-order chi connectivity index (χ1) is 10.9. The van der Waals surface area contributed by atoms with E-state index in [2.05, 4.69) is 14.9 Å². The molecular weight excluding hydrogens is 318 g/mol. The molecule has 0 bridgehead atoms. The molecule has 8 nitrogen and oxygen atoms in total. The van der Waals surface area contributed by atoms with Crippen molar-refractivity contribution in [1.82, 2.24) is 19.8 Å². The summed E-state index contributed by atoms with van der Waals surface area (Å²) in [5, 5.41) is 7.99. The zero-order valence-electron chi connectivity index (χ0n) is 13.0. The Balaban J connectivity index is 1.99.